The van der Waals surface area contributed by atoms with Crippen molar-refractivity contribution in [2.24, 2.45) is 4.99 Å². The lowest BCUT2D eigenvalue weighted by Gasteiger charge is -2.27. The van der Waals surface area contributed by atoms with Gasteiger partial charge in [0.05, 0.1) is 32.5 Å². The summed E-state index contributed by atoms with van der Waals surface area (Å²) in [6, 6.07) is 4.48. The molecule has 0 fully saturated rings. The zero-order valence-corrected chi connectivity index (χ0v) is 20.7. The number of sulfonamides is 1. The molecule has 2 N–H and O–H groups in total. The van der Waals surface area contributed by atoms with Crippen molar-refractivity contribution >= 4 is 16.0 Å². The van der Waals surface area contributed by atoms with Crippen molar-refractivity contribution in [1.82, 2.24) is 14.9 Å². The molecule has 0 unspecified atom stereocenters. The number of hydrogen-bond donors (Lipinski definition) is 2. The molecular weight excluding hydrogens is 428 g/mol. The predicted molar refractivity (Wildman–Crippen MR) is 129 cm³/mol. The quantitative estimate of drug-likeness (QED) is 0.377. The number of unbranched alkanes of at least 4 members (excludes halogenated alkanes) is 9. The standard InChI is InChI=1S/C23H40N4O4S/c1-4-5-6-7-8-9-10-11-12-13-16-27-18-24-23(25-19-27)26-32(28,29)20-14-15-21(30-2)22(17-20)31-3/h14-15,17H,4-13,16,18-19H2,1-3H3,(H2,24,25,26). The number of hydrogen-bond acceptors (Lipinski definition) is 7. The molecule has 0 saturated heterocycles. The van der Waals surface area contributed by atoms with Gasteiger partial charge in [-0.15, -0.1) is 0 Å². The van der Waals surface area contributed by atoms with E-state index < -0.39 is 10.0 Å². The Morgan fingerprint density at radius 2 is 1.59 bits per heavy atom. The lowest BCUT2D eigenvalue weighted by atomic mass is 10.1. The van der Waals surface area contributed by atoms with Crippen molar-refractivity contribution in [2.45, 2.75) is 76.0 Å². The molecule has 1 heterocycles. The fourth-order valence-corrected chi connectivity index (χ4v) is 4.69. The Morgan fingerprint density at radius 1 is 0.969 bits per heavy atom. The summed E-state index contributed by atoms with van der Waals surface area (Å²) in [6.45, 7) is 4.27. The summed E-state index contributed by atoms with van der Waals surface area (Å²) in [4.78, 5) is 6.62. The molecule has 0 spiro atoms. The van der Waals surface area contributed by atoms with Gasteiger partial charge in [-0.25, -0.2) is 18.1 Å². The average Bonchev–Trinajstić information content (AvgIpc) is 2.80. The Bertz CT molecular complexity index is 814. The molecule has 0 radical (unpaired) electrons. The summed E-state index contributed by atoms with van der Waals surface area (Å²) >= 11 is 0. The molecule has 1 aliphatic rings. The monoisotopic (exact) mass is 468 g/mol. The fraction of sp³-hybridized carbons (Fsp3) is 0.696. The molecule has 0 bridgehead atoms. The van der Waals surface area contributed by atoms with Crippen LogP contribution in [0.1, 0.15) is 71.1 Å². The van der Waals surface area contributed by atoms with Crippen LogP contribution in [0.5, 0.6) is 11.5 Å². The molecule has 8 nitrogen and oxygen atoms in total. The van der Waals surface area contributed by atoms with Crippen LogP contribution in [0, 0.1) is 0 Å². The first kappa shape index (κ1) is 26.3. The fourth-order valence-electron chi connectivity index (χ4n) is 3.67. The van der Waals surface area contributed by atoms with Crippen LogP contribution in [-0.4, -0.2) is 53.4 Å². The van der Waals surface area contributed by atoms with Gasteiger partial charge in [-0.1, -0.05) is 64.7 Å². The third-order valence-corrected chi connectivity index (χ3v) is 6.96. The van der Waals surface area contributed by atoms with Gasteiger partial charge in [-0.2, -0.15) is 0 Å². The van der Waals surface area contributed by atoms with E-state index in [4.69, 9.17) is 9.47 Å². The van der Waals surface area contributed by atoms with E-state index in [1.54, 1.807) is 6.07 Å². The van der Waals surface area contributed by atoms with Gasteiger partial charge in [-0.3, -0.25) is 4.90 Å². The summed E-state index contributed by atoms with van der Waals surface area (Å²) in [5.41, 5.74) is 0. The number of benzene rings is 1. The molecule has 1 aromatic rings. The molecule has 1 aromatic carbocycles. The number of ether oxygens (including phenoxy) is 2. The van der Waals surface area contributed by atoms with Crippen molar-refractivity contribution in [3.05, 3.63) is 18.2 Å². The van der Waals surface area contributed by atoms with Crippen LogP contribution >= 0.6 is 0 Å². The van der Waals surface area contributed by atoms with Crippen molar-refractivity contribution in [2.75, 3.05) is 34.1 Å². The highest BCUT2D eigenvalue weighted by atomic mass is 32.2. The van der Waals surface area contributed by atoms with Crippen molar-refractivity contribution in [3.8, 4) is 11.5 Å². The van der Waals surface area contributed by atoms with Crippen LogP contribution in [0.25, 0.3) is 0 Å². The topological polar surface area (TPSA) is 92.3 Å². The van der Waals surface area contributed by atoms with Crippen LogP contribution in [0.3, 0.4) is 0 Å². The largest absolute Gasteiger partial charge is 0.493 e. The molecule has 182 valence electrons. The lowest BCUT2D eigenvalue weighted by Crippen LogP contribution is -2.50. The molecular formula is C23H40N4O4S. The predicted octanol–water partition coefficient (Wildman–Crippen LogP) is 4.08. The highest BCUT2D eigenvalue weighted by molar-refractivity contribution is 7.90. The van der Waals surface area contributed by atoms with Crippen LogP contribution in [0.4, 0.5) is 0 Å². The van der Waals surface area contributed by atoms with E-state index in [0.717, 1.165) is 13.0 Å². The van der Waals surface area contributed by atoms with E-state index in [1.165, 1.54) is 84.1 Å². The first-order valence-corrected chi connectivity index (χ1v) is 13.2. The second-order valence-electron chi connectivity index (χ2n) is 8.18. The highest BCUT2D eigenvalue weighted by Gasteiger charge is 2.21. The Kier molecular flexibility index (Phi) is 11.7. The van der Waals surface area contributed by atoms with Gasteiger partial charge in [0, 0.05) is 12.6 Å². The van der Waals surface area contributed by atoms with Gasteiger partial charge in [-0.05, 0) is 18.6 Å². The van der Waals surface area contributed by atoms with Gasteiger partial charge in [0.2, 0.25) is 5.96 Å². The van der Waals surface area contributed by atoms with Crippen LogP contribution < -0.4 is 19.5 Å². The maximum atomic E-state index is 12.7. The smallest absolute Gasteiger partial charge is 0.264 e. The molecule has 2 rings (SSSR count). The van der Waals surface area contributed by atoms with Crippen molar-refractivity contribution < 1.29 is 17.9 Å². The SMILES string of the molecule is CCCCCCCCCCCCN1CN=C(NS(=O)(=O)c2ccc(OC)c(OC)c2)NC1. The van der Waals surface area contributed by atoms with Crippen LogP contribution in [-0.2, 0) is 10.0 Å². The zero-order chi connectivity index (χ0) is 23.2. The first-order valence-electron chi connectivity index (χ1n) is 11.8. The maximum absolute atomic E-state index is 12.7. The van der Waals surface area contributed by atoms with Crippen molar-refractivity contribution in [3.63, 3.8) is 0 Å². The van der Waals surface area contributed by atoms with E-state index in [-0.39, 0.29) is 10.9 Å². The Morgan fingerprint density at radius 3 is 2.16 bits per heavy atom. The number of nitrogens with one attached hydrogen (secondary N) is 2. The summed E-state index contributed by atoms with van der Waals surface area (Å²) in [6.07, 6.45) is 13.1. The Labute approximate surface area is 193 Å². The summed E-state index contributed by atoms with van der Waals surface area (Å²) < 4.78 is 38.2. The number of aliphatic imine (C=N–C) groups is 1. The van der Waals surface area contributed by atoms with Gasteiger partial charge in [0.15, 0.2) is 11.5 Å². The number of methoxy groups -OCH3 is 2. The number of rotatable bonds is 15. The second-order valence-corrected chi connectivity index (χ2v) is 9.86. The molecule has 0 saturated carbocycles. The number of guanidine groups is 1. The van der Waals surface area contributed by atoms with Crippen molar-refractivity contribution in [1.29, 1.82) is 0 Å². The molecule has 9 heteroatoms. The lowest BCUT2D eigenvalue weighted by molar-refractivity contribution is 0.257. The third-order valence-electron chi connectivity index (χ3n) is 5.62. The normalized spacial score (nSPS) is 14.5. The van der Waals surface area contributed by atoms with E-state index in [9.17, 15) is 8.42 Å². The number of nitrogens with zero attached hydrogens (tertiary/aromatic N) is 2. The average molecular weight is 469 g/mol. The maximum Gasteiger partial charge on any atom is 0.264 e. The van der Waals surface area contributed by atoms with Gasteiger partial charge >= 0.3 is 0 Å². The summed E-state index contributed by atoms with van der Waals surface area (Å²) in [5, 5.41) is 3.06. The molecule has 0 amide bonds. The minimum atomic E-state index is -3.77. The summed E-state index contributed by atoms with van der Waals surface area (Å²) in [7, 11) is -0.794. The second kappa shape index (κ2) is 14.2. The van der Waals surface area contributed by atoms with E-state index in [1.807, 2.05) is 0 Å². The summed E-state index contributed by atoms with van der Waals surface area (Å²) in [5.74, 6) is 1.10. The van der Waals surface area contributed by atoms with Gasteiger partial charge in [0.1, 0.15) is 0 Å². The first-order chi connectivity index (χ1) is 15.5. The molecule has 0 aromatic heterocycles. The zero-order valence-electron chi connectivity index (χ0n) is 19.9. The van der Waals surface area contributed by atoms with Gasteiger partial charge in [0.25, 0.3) is 10.0 Å². The Hall–Kier alpha value is -2.00. The van der Waals surface area contributed by atoms with E-state index >= 15 is 0 Å². The molecule has 0 aliphatic carbocycles. The molecule has 32 heavy (non-hydrogen) atoms. The minimum absolute atomic E-state index is 0.0902. The van der Waals surface area contributed by atoms with E-state index in [2.05, 4.69) is 26.9 Å². The molecule has 0 atom stereocenters. The van der Waals surface area contributed by atoms with Crippen LogP contribution in [0.15, 0.2) is 28.1 Å². The van der Waals surface area contributed by atoms with Gasteiger partial charge < -0.3 is 14.8 Å². The third kappa shape index (κ3) is 8.86. The van der Waals surface area contributed by atoms with E-state index in [0.29, 0.717) is 24.8 Å². The molecule has 1 aliphatic heterocycles. The van der Waals surface area contributed by atoms with Crippen LogP contribution in [0.2, 0.25) is 0 Å². The Balaban J connectivity index is 1.68. The highest BCUT2D eigenvalue weighted by Crippen LogP contribution is 2.29. The minimum Gasteiger partial charge on any atom is -0.493 e.